The van der Waals surface area contributed by atoms with Crippen molar-refractivity contribution in [1.29, 1.82) is 0 Å². The number of thiophene rings is 1. The lowest BCUT2D eigenvalue weighted by atomic mass is 10.5. The minimum absolute atomic E-state index is 0.163. The van der Waals surface area contributed by atoms with Gasteiger partial charge in [0.2, 0.25) is 0 Å². The number of hydrogen-bond acceptors (Lipinski definition) is 3. The fraction of sp³-hybridized carbons (Fsp3) is 0.333. The van der Waals surface area contributed by atoms with Crippen molar-refractivity contribution in [3.05, 3.63) is 20.8 Å². The molecule has 0 radical (unpaired) electrons. The van der Waals surface area contributed by atoms with E-state index >= 15 is 0 Å². The Kier molecular flexibility index (Phi) is 3.23. The monoisotopic (exact) mass is 237 g/mol. The Morgan fingerprint density at radius 1 is 1.70 bits per heavy atom. The van der Waals surface area contributed by atoms with Gasteiger partial charge in [-0.3, -0.25) is 0 Å². The Hall–Kier alpha value is 0.490. The summed E-state index contributed by atoms with van der Waals surface area (Å²) >= 11 is 9.40. The summed E-state index contributed by atoms with van der Waals surface area (Å²) < 4.78 is 1.15. The maximum absolute atomic E-state index is 4.31. The molecule has 0 fully saturated rings. The molecule has 1 atom stereocenters. The highest BCUT2D eigenvalue weighted by Crippen LogP contribution is 2.28. The molecule has 1 nitrogen and oxygen atoms in total. The fourth-order valence-electron chi connectivity index (χ4n) is 0.617. The SMILES string of the molecule is CNC(S)c1ccc(Br)s1. The summed E-state index contributed by atoms with van der Waals surface area (Å²) in [4.78, 5) is 1.23. The average Bonchev–Trinajstić information content (AvgIpc) is 2.34. The van der Waals surface area contributed by atoms with E-state index in [1.807, 2.05) is 13.1 Å². The van der Waals surface area contributed by atoms with Gasteiger partial charge in [-0.1, -0.05) is 0 Å². The summed E-state index contributed by atoms with van der Waals surface area (Å²) in [5, 5.41) is 3.21. The second-order valence-electron chi connectivity index (χ2n) is 1.83. The average molecular weight is 238 g/mol. The molecule has 0 bridgehead atoms. The van der Waals surface area contributed by atoms with E-state index in [9.17, 15) is 0 Å². The standard InChI is InChI=1S/C6H8BrNS2/c1-8-6(9)4-2-3-5(7)10-4/h2-3,6,8-9H,1H3. The van der Waals surface area contributed by atoms with Gasteiger partial charge in [0, 0.05) is 4.88 Å². The number of nitrogens with one attached hydrogen (secondary N) is 1. The van der Waals surface area contributed by atoms with Crippen LogP contribution in [0.5, 0.6) is 0 Å². The molecule has 1 aromatic rings. The van der Waals surface area contributed by atoms with Crippen LogP contribution < -0.4 is 5.32 Å². The zero-order chi connectivity index (χ0) is 7.56. The van der Waals surface area contributed by atoms with Gasteiger partial charge in [0.1, 0.15) is 0 Å². The van der Waals surface area contributed by atoms with Crippen LogP contribution in [0, 0.1) is 0 Å². The third kappa shape index (κ3) is 1.99. The summed E-state index contributed by atoms with van der Waals surface area (Å²) in [5.74, 6) is 0. The second-order valence-corrected chi connectivity index (χ2v) is 4.84. The predicted octanol–water partition coefficient (Wildman–Crippen LogP) is 2.66. The van der Waals surface area contributed by atoms with Crippen molar-refractivity contribution in [2.45, 2.75) is 5.37 Å². The molecule has 0 saturated carbocycles. The zero-order valence-electron chi connectivity index (χ0n) is 5.47. The summed E-state index contributed by atoms with van der Waals surface area (Å²) in [6.07, 6.45) is 0. The van der Waals surface area contributed by atoms with Gasteiger partial charge in [-0.2, -0.15) is 12.6 Å². The maximum atomic E-state index is 4.31. The summed E-state index contributed by atoms with van der Waals surface area (Å²) in [6, 6.07) is 4.09. The van der Waals surface area contributed by atoms with Crippen molar-refractivity contribution < 1.29 is 0 Å². The molecule has 1 rings (SSSR count). The van der Waals surface area contributed by atoms with Gasteiger partial charge in [0.05, 0.1) is 9.16 Å². The van der Waals surface area contributed by atoms with Gasteiger partial charge in [-0.05, 0) is 35.1 Å². The first-order valence-electron chi connectivity index (χ1n) is 2.84. The molecule has 1 heterocycles. The van der Waals surface area contributed by atoms with Crippen molar-refractivity contribution in [2.75, 3.05) is 7.05 Å². The van der Waals surface area contributed by atoms with E-state index in [2.05, 4.69) is 39.9 Å². The topological polar surface area (TPSA) is 12.0 Å². The van der Waals surface area contributed by atoms with Gasteiger partial charge in [0.25, 0.3) is 0 Å². The third-order valence-electron chi connectivity index (χ3n) is 1.14. The normalized spacial score (nSPS) is 13.5. The first kappa shape index (κ1) is 8.59. The second kappa shape index (κ2) is 3.76. The van der Waals surface area contributed by atoms with Crippen LogP contribution in [0.2, 0.25) is 0 Å². The first-order valence-corrected chi connectivity index (χ1v) is 4.97. The number of halogens is 1. The fourth-order valence-corrected chi connectivity index (χ4v) is 2.28. The van der Waals surface area contributed by atoms with E-state index in [0.717, 1.165) is 3.79 Å². The molecule has 10 heavy (non-hydrogen) atoms. The molecule has 0 spiro atoms. The molecule has 0 amide bonds. The molecule has 4 heteroatoms. The number of hydrogen-bond donors (Lipinski definition) is 2. The molecule has 0 saturated heterocycles. The Morgan fingerprint density at radius 3 is 2.80 bits per heavy atom. The minimum atomic E-state index is 0.163. The lowest BCUT2D eigenvalue weighted by Crippen LogP contribution is -2.07. The van der Waals surface area contributed by atoms with Gasteiger partial charge in [0.15, 0.2) is 0 Å². The highest BCUT2D eigenvalue weighted by Gasteiger charge is 2.04. The molecule has 0 aliphatic heterocycles. The zero-order valence-corrected chi connectivity index (χ0v) is 8.76. The Bertz CT molecular complexity index is 211. The molecule has 56 valence electrons. The highest BCUT2D eigenvalue weighted by molar-refractivity contribution is 9.11. The van der Waals surface area contributed by atoms with Crippen molar-refractivity contribution in [3.63, 3.8) is 0 Å². The Morgan fingerprint density at radius 2 is 2.40 bits per heavy atom. The quantitative estimate of drug-likeness (QED) is 0.596. The van der Waals surface area contributed by atoms with Crippen molar-refractivity contribution in [1.82, 2.24) is 5.32 Å². The highest BCUT2D eigenvalue weighted by atomic mass is 79.9. The van der Waals surface area contributed by atoms with Gasteiger partial charge in [-0.15, -0.1) is 11.3 Å². The van der Waals surface area contributed by atoms with Crippen LogP contribution in [0.1, 0.15) is 10.3 Å². The molecule has 1 unspecified atom stereocenters. The van der Waals surface area contributed by atoms with E-state index in [0.29, 0.717) is 0 Å². The molecule has 0 aromatic carbocycles. The van der Waals surface area contributed by atoms with Crippen molar-refractivity contribution in [3.8, 4) is 0 Å². The van der Waals surface area contributed by atoms with Crippen LogP contribution in [0.4, 0.5) is 0 Å². The van der Waals surface area contributed by atoms with Crippen molar-refractivity contribution in [2.24, 2.45) is 0 Å². The lowest BCUT2D eigenvalue weighted by molar-refractivity contribution is 0.814. The lowest BCUT2D eigenvalue weighted by Gasteiger charge is -2.04. The minimum Gasteiger partial charge on any atom is -0.304 e. The van der Waals surface area contributed by atoms with Crippen molar-refractivity contribution >= 4 is 39.9 Å². The van der Waals surface area contributed by atoms with E-state index in [4.69, 9.17) is 0 Å². The molecule has 1 aromatic heterocycles. The summed E-state index contributed by atoms with van der Waals surface area (Å²) in [6.45, 7) is 0. The van der Waals surface area contributed by atoms with Gasteiger partial charge < -0.3 is 5.32 Å². The van der Waals surface area contributed by atoms with E-state index in [1.165, 1.54) is 4.88 Å². The van der Waals surface area contributed by atoms with Crippen LogP contribution in [-0.4, -0.2) is 7.05 Å². The summed E-state index contributed by atoms with van der Waals surface area (Å²) in [7, 11) is 1.89. The molecular weight excluding hydrogens is 230 g/mol. The predicted molar refractivity (Wildman–Crippen MR) is 52.8 cm³/mol. The first-order chi connectivity index (χ1) is 4.74. The van der Waals surface area contributed by atoms with E-state index in [1.54, 1.807) is 11.3 Å². The molecule has 0 aliphatic rings. The van der Waals surface area contributed by atoms with E-state index in [-0.39, 0.29) is 5.37 Å². The van der Waals surface area contributed by atoms with Gasteiger partial charge >= 0.3 is 0 Å². The van der Waals surface area contributed by atoms with Gasteiger partial charge in [-0.25, -0.2) is 0 Å². The smallest absolute Gasteiger partial charge is 0.0851 e. The number of thiol groups is 1. The number of rotatable bonds is 2. The molecule has 0 aliphatic carbocycles. The van der Waals surface area contributed by atoms with Crippen LogP contribution in [0.25, 0.3) is 0 Å². The van der Waals surface area contributed by atoms with Crippen LogP contribution in [-0.2, 0) is 0 Å². The van der Waals surface area contributed by atoms with Crippen LogP contribution >= 0.6 is 39.9 Å². The van der Waals surface area contributed by atoms with Crippen LogP contribution in [0.15, 0.2) is 15.9 Å². The largest absolute Gasteiger partial charge is 0.304 e. The summed E-state index contributed by atoms with van der Waals surface area (Å²) in [5.41, 5.74) is 0. The molecular formula is C6H8BrNS2. The Balaban J connectivity index is 2.74. The van der Waals surface area contributed by atoms with Crippen LogP contribution in [0.3, 0.4) is 0 Å². The Labute approximate surface area is 78.4 Å². The van der Waals surface area contributed by atoms with E-state index < -0.39 is 0 Å². The third-order valence-corrected chi connectivity index (χ3v) is 3.54. The molecule has 1 N–H and O–H groups in total. The maximum Gasteiger partial charge on any atom is 0.0851 e.